The highest BCUT2D eigenvalue weighted by Gasteiger charge is 2.02. The maximum absolute atomic E-state index is 10.3. The lowest BCUT2D eigenvalue weighted by Gasteiger charge is -2.07. The zero-order chi connectivity index (χ0) is 17.9. The van der Waals surface area contributed by atoms with Gasteiger partial charge in [-0.05, 0) is 32.1 Å². The molecule has 1 atom stereocenters. The molecule has 4 nitrogen and oxygen atoms in total. The van der Waals surface area contributed by atoms with Crippen LogP contribution in [0.3, 0.4) is 0 Å². The Morgan fingerprint density at radius 3 is 2.38 bits per heavy atom. The molecule has 136 valence electrons. The van der Waals surface area contributed by atoms with Crippen LogP contribution in [-0.4, -0.2) is 22.4 Å². The van der Waals surface area contributed by atoms with E-state index in [1.165, 1.54) is 0 Å². The molecule has 0 aromatic heterocycles. The minimum Gasteiger partial charge on any atom is -0.481 e. The van der Waals surface area contributed by atoms with Gasteiger partial charge >= 0.3 is 5.97 Å². The van der Waals surface area contributed by atoms with E-state index in [4.69, 9.17) is 10.4 Å². The highest BCUT2D eigenvalue weighted by molar-refractivity contribution is 5.66. The van der Waals surface area contributed by atoms with Crippen LogP contribution in [0, 0.1) is 0 Å². The van der Waals surface area contributed by atoms with Crippen LogP contribution < -0.4 is 0 Å². The van der Waals surface area contributed by atoms with Crippen LogP contribution >= 0.6 is 0 Å². The molecule has 0 rings (SSSR count). The average Bonchev–Trinajstić information content (AvgIpc) is 2.57. The normalized spacial score (nSPS) is 13.8. The molecule has 4 heteroatoms. The summed E-state index contributed by atoms with van der Waals surface area (Å²) in [7, 11) is 0. The van der Waals surface area contributed by atoms with Crippen molar-refractivity contribution in [3.8, 4) is 0 Å². The molecule has 0 unspecified atom stereocenters. The predicted molar refractivity (Wildman–Crippen MR) is 98.9 cm³/mol. The first-order chi connectivity index (χ1) is 11.7. The van der Waals surface area contributed by atoms with E-state index in [-0.39, 0.29) is 12.5 Å². The minimum atomic E-state index is -0.734. The predicted octanol–water partition coefficient (Wildman–Crippen LogP) is 5.68. The number of aliphatic carboxylic acids is 1. The number of unbranched alkanes of at least 4 members (excludes halogenated alkanes) is 3. The van der Waals surface area contributed by atoms with Gasteiger partial charge in [-0.2, -0.15) is 0 Å². The second-order valence-corrected chi connectivity index (χ2v) is 5.65. The monoisotopic (exact) mass is 336 g/mol. The molecule has 0 radical (unpaired) electrons. The quantitative estimate of drug-likeness (QED) is 0.133. The summed E-state index contributed by atoms with van der Waals surface area (Å²) in [5.74, 6) is -0.734. The van der Waals surface area contributed by atoms with E-state index in [2.05, 4.69) is 30.0 Å². The van der Waals surface area contributed by atoms with Crippen molar-refractivity contribution in [3.05, 3.63) is 48.6 Å². The molecule has 0 saturated carbocycles. The second kappa shape index (κ2) is 17.7. The van der Waals surface area contributed by atoms with Crippen molar-refractivity contribution in [2.24, 2.45) is 0 Å². The molecule has 0 saturated heterocycles. The van der Waals surface area contributed by atoms with Gasteiger partial charge < -0.3 is 5.11 Å². The fourth-order valence-electron chi connectivity index (χ4n) is 2.06. The summed E-state index contributed by atoms with van der Waals surface area (Å²) in [6, 6.07) is 0. The SMILES string of the molecule is CCCCC[C@@H](/C=C/C=C/C/C=C/C/C=C/CCCC(=O)O)OO. The van der Waals surface area contributed by atoms with E-state index >= 15 is 0 Å². The fraction of sp³-hybridized carbons (Fsp3) is 0.550. The summed E-state index contributed by atoms with van der Waals surface area (Å²) in [5.41, 5.74) is 0. The molecular weight excluding hydrogens is 304 g/mol. The highest BCUT2D eigenvalue weighted by atomic mass is 17.1. The van der Waals surface area contributed by atoms with Gasteiger partial charge in [0.25, 0.3) is 0 Å². The van der Waals surface area contributed by atoms with Gasteiger partial charge in [0.1, 0.15) is 6.10 Å². The first kappa shape index (κ1) is 22.4. The van der Waals surface area contributed by atoms with Gasteiger partial charge in [0.2, 0.25) is 0 Å². The summed E-state index contributed by atoms with van der Waals surface area (Å²) in [4.78, 5) is 14.8. The molecule has 0 aliphatic carbocycles. The van der Waals surface area contributed by atoms with Crippen LogP contribution in [-0.2, 0) is 9.68 Å². The molecule has 0 aromatic carbocycles. The average molecular weight is 336 g/mol. The molecule has 2 N–H and O–H groups in total. The summed E-state index contributed by atoms with van der Waals surface area (Å²) in [6.45, 7) is 2.15. The Hall–Kier alpha value is -1.65. The number of rotatable bonds is 15. The van der Waals surface area contributed by atoms with Crippen molar-refractivity contribution in [3.63, 3.8) is 0 Å². The maximum Gasteiger partial charge on any atom is 0.303 e. The van der Waals surface area contributed by atoms with Crippen molar-refractivity contribution in [2.45, 2.75) is 70.8 Å². The lowest BCUT2D eigenvalue weighted by atomic mass is 10.1. The van der Waals surface area contributed by atoms with Gasteiger partial charge in [-0.3, -0.25) is 10.1 Å². The minimum absolute atomic E-state index is 0.219. The first-order valence-corrected chi connectivity index (χ1v) is 8.86. The third kappa shape index (κ3) is 16.7. The number of carbonyl (C=O) groups is 1. The summed E-state index contributed by atoms with van der Waals surface area (Å²) < 4.78 is 0. The molecule has 0 fully saturated rings. The Labute approximate surface area is 146 Å². The number of allylic oxidation sites excluding steroid dienone is 7. The zero-order valence-electron chi connectivity index (χ0n) is 14.8. The van der Waals surface area contributed by atoms with Crippen LogP contribution in [0.4, 0.5) is 0 Å². The maximum atomic E-state index is 10.3. The molecule has 0 aromatic rings. The second-order valence-electron chi connectivity index (χ2n) is 5.65. The van der Waals surface area contributed by atoms with Gasteiger partial charge in [0, 0.05) is 6.42 Å². The third-order valence-electron chi connectivity index (χ3n) is 3.44. The van der Waals surface area contributed by atoms with Gasteiger partial charge in [0.05, 0.1) is 0 Å². The van der Waals surface area contributed by atoms with Crippen molar-refractivity contribution >= 4 is 5.97 Å². The van der Waals surface area contributed by atoms with Crippen LogP contribution in [0.5, 0.6) is 0 Å². The molecule has 0 aliphatic rings. The smallest absolute Gasteiger partial charge is 0.303 e. The largest absolute Gasteiger partial charge is 0.481 e. The summed E-state index contributed by atoms with van der Waals surface area (Å²) in [6.07, 6.45) is 23.5. The number of hydrogen-bond acceptors (Lipinski definition) is 3. The third-order valence-corrected chi connectivity index (χ3v) is 3.44. The van der Waals surface area contributed by atoms with E-state index in [9.17, 15) is 4.79 Å². The molecule has 0 heterocycles. The number of carboxylic acid groups (broad SMARTS) is 1. The van der Waals surface area contributed by atoms with Crippen LogP contribution in [0.15, 0.2) is 48.6 Å². The van der Waals surface area contributed by atoms with Crippen LogP contribution in [0.1, 0.15) is 64.7 Å². The van der Waals surface area contributed by atoms with Crippen molar-refractivity contribution in [1.82, 2.24) is 0 Å². The Morgan fingerprint density at radius 2 is 1.71 bits per heavy atom. The van der Waals surface area contributed by atoms with Gasteiger partial charge in [-0.1, -0.05) is 74.8 Å². The Morgan fingerprint density at radius 1 is 1.00 bits per heavy atom. The molecule has 0 aliphatic heterocycles. The van der Waals surface area contributed by atoms with Gasteiger partial charge in [-0.15, -0.1) is 0 Å². The van der Waals surface area contributed by atoms with Crippen molar-refractivity contribution < 1.29 is 20.0 Å². The molecule has 0 spiro atoms. The lowest BCUT2D eigenvalue weighted by Crippen LogP contribution is -2.06. The van der Waals surface area contributed by atoms with E-state index < -0.39 is 5.97 Å². The zero-order valence-corrected chi connectivity index (χ0v) is 14.8. The number of carboxylic acids is 1. The standard InChI is InChI=1S/C20H32O4/c1-2-3-13-16-19(24-23)17-14-11-9-7-5-4-6-8-10-12-15-18-20(21)22/h4-5,8-11,14,17,19,23H,2-3,6-7,12-13,15-16,18H2,1H3,(H,21,22)/b5-4+,10-8+,11-9+,17-14+/t19-/m0/s1. The van der Waals surface area contributed by atoms with Crippen molar-refractivity contribution in [2.75, 3.05) is 0 Å². The fourth-order valence-corrected chi connectivity index (χ4v) is 2.06. The molecule has 0 amide bonds. The molecule has 24 heavy (non-hydrogen) atoms. The Bertz CT molecular complexity index is 408. The van der Waals surface area contributed by atoms with Crippen molar-refractivity contribution in [1.29, 1.82) is 0 Å². The van der Waals surface area contributed by atoms with E-state index in [1.54, 1.807) is 0 Å². The van der Waals surface area contributed by atoms with E-state index in [0.29, 0.717) is 6.42 Å². The molecule has 0 bridgehead atoms. The number of hydrogen-bond donors (Lipinski definition) is 2. The Balaban J connectivity index is 3.70. The first-order valence-electron chi connectivity index (χ1n) is 8.86. The molecular formula is C20H32O4. The van der Waals surface area contributed by atoms with Crippen LogP contribution in [0.2, 0.25) is 0 Å². The Kier molecular flexibility index (Phi) is 16.5. The summed E-state index contributed by atoms with van der Waals surface area (Å²) >= 11 is 0. The lowest BCUT2D eigenvalue weighted by molar-refractivity contribution is -0.267. The topological polar surface area (TPSA) is 66.8 Å². The van der Waals surface area contributed by atoms with E-state index in [1.807, 2.05) is 30.4 Å². The summed E-state index contributed by atoms with van der Waals surface area (Å²) in [5, 5.41) is 17.3. The highest BCUT2D eigenvalue weighted by Crippen LogP contribution is 2.07. The van der Waals surface area contributed by atoms with Crippen LogP contribution in [0.25, 0.3) is 0 Å². The van der Waals surface area contributed by atoms with Gasteiger partial charge in [0.15, 0.2) is 0 Å². The van der Waals surface area contributed by atoms with E-state index in [0.717, 1.165) is 44.9 Å². The van der Waals surface area contributed by atoms with Gasteiger partial charge in [-0.25, -0.2) is 4.89 Å².